The van der Waals surface area contributed by atoms with Gasteiger partial charge in [0.05, 0.1) is 27.5 Å². The number of carbonyl (C=O) groups excluding carboxylic acids is 1. The fourth-order valence-electron chi connectivity index (χ4n) is 3.08. The summed E-state index contributed by atoms with van der Waals surface area (Å²) in [5.41, 5.74) is -1.28. The molecule has 0 saturated carbocycles. The van der Waals surface area contributed by atoms with Crippen molar-refractivity contribution in [2.75, 3.05) is 0 Å². The molecule has 34 heavy (non-hydrogen) atoms. The summed E-state index contributed by atoms with van der Waals surface area (Å²) in [6, 6.07) is 15.4. The molecule has 1 N–H and O–H groups in total. The van der Waals surface area contributed by atoms with Crippen LogP contribution in [0.1, 0.15) is 30.7 Å². The third-order valence-corrected chi connectivity index (χ3v) is 5.33. The van der Waals surface area contributed by atoms with Crippen molar-refractivity contribution in [1.82, 2.24) is 10.3 Å². The Balaban J connectivity index is 1.95. The highest BCUT2D eigenvalue weighted by Crippen LogP contribution is 2.35. The van der Waals surface area contributed by atoms with Crippen LogP contribution < -0.4 is 5.32 Å². The number of hydrogen-bond acceptors (Lipinski definition) is 3. The van der Waals surface area contributed by atoms with E-state index in [-0.39, 0.29) is 17.3 Å². The summed E-state index contributed by atoms with van der Waals surface area (Å²) < 4.78 is 59.0. The fraction of sp³-hybridized carbons (Fsp3) is 0.200. The van der Waals surface area contributed by atoms with Crippen LogP contribution in [-0.4, -0.2) is 17.3 Å². The molecule has 0 bridgehead atoms. The maximum Gasteiger partial charge on any atom is 0.417 e. The van der Waals surface area contributed by atoms with Gasteiger partial charge in [0.2, 0.25) is 0 Å². The molecular formula is C25H21ClF4N2O2. The van der Waals surface area contributed by atoms with E-state index in [1.54, 1.807) is 38.1 Å². The number of alkyl halides is 3. The van der Waals surface area contributed by atoms with Gasteiger partial charge in [0.1, 0.15) is 12.4 Å². The fourth-order valence-corrected chi connectivity index (χ4v) is 3.26. The van der Waals surface area contributed by atoms with Crippen molar-refractivity contribution >= 4 is 23.3 Å². The number of nitrogens with one attached hydrogen (secondary N) is 1. The summed E-state index contributed by atoms with van der Waals surface area (Å²) in [6.07, 6.45) is -5.48. The Bertz CT molecular complexity index is 1210. The summed E-state index contributed by atoms with van der Waals surface area (Å²) in [6.45, 7) is 6.36. The minimum absolute atomic E-state index is 0.0224. The first kappa shape index (κ1) is 25.2. The average Bonchev–Trinajstić information content (AvgIpc) is 2.78. The van der Waals surface area contributed by atoms with Gasteiger partial charge in [-0.2, -0.15) is 13.2 Å². The van der Waals surface area contributed by atoms with Crippen LogP contribution in [0.5, 0.6) is 0 Å². The summed E-state index contributed by atoms with van der Waals surface area (Å²) in [5.74, 6) is -0.676. The summed E-state index contributed by atoms with van der Waals surface area (Å²) in [4.78, 5) is 16.5. The van der Waals surface area contributed by atoms with Gasteiger partial charge < -0.3 is 10.1 Å². The molecule has 0 atom stereocenters. The maximum absolute atomic E-state index is 13.6. The van der Waals surface area contributed by atoms with Gasteiger partial charge in [0.15, 0.2) is 0 Å². The van der Waals surface area contributed by atoms with Crippen molar-refractivity contribution in [2.24, 2.45) is 0 Å². The predicted octanol–water partition coefficient (Wildman–Crippen LogP) is 7.28. The van der Waals surface area contributed by atoms with E-state index < -0.39 is 34.9 Å². The molecule has 0 fully saturated rings. The highest BCUT2D eigenvalue weighted by atomic mass is 35.5. The number of hydrogen-bond donors (Lipinski definition) is 1. The van der Waals surface area contributed by atoms with Gasteiger partial charge in [-0.1, -0.05) is 48.5 Å². The van der Waals surface area contributed by atoms with Gasteiger partial charge in [-0.3, -0.25) is 0 Å². The van der Waals surface area contributed by atoms with Crippen LogP contribution in [0.2, 0.25) is 5.02 Å². The summed E-state index contributed by atoms with van der Waals surface area (Å²) in [7, 11) is 0. The standard InChI is InChI=1S/C25H21ClF4N2O2/c1-15(25(28,29)30)21-12-18(13-22(31-21)17-9-10-20(27)19(26)11-17)24(2,3)32-23(33)34-14-16-7-5-4-6-8-16/h4-13H,1,14H2,2-3H3,(H,32,33). The third-order valence-electron chi connectivity index (χ3n) is 5.04. The molecule has 3 rings (SSSR count). The Morgan fingerprint density at radius 2 is 1.76 bits per heavy atom. The zero-order valence-electron chi connectivity index (χ0n) is 18.3. The van der Waals surface area contributed by atoms with Gasteiger partial charge >= 0.3 is 12.3 Å². The highest BCUT2D eigenvalue weighted by Gasteiger charge is 2.35. The minimum atomic E-state index is -4.73. The average molecular weight is 493 g/mol. The molecule has 0 radical (unpaired) electrons. The number of benzene rings is 2. The lowest BCUT2D eigenvalue weighted by molar-refractivity contribution is -0.0689. The number of alkyl carbamates (subject to hydrolysis) is 1. The van der Waals surface area contributed by atoms with Crippen LogP contribution in [0.25, 0.3) is 16.8 Å². The van der Waals surface area contributed by atoms with E-state index in [0.29, 0.717) is 11.1 Å². The van der Waals surface area contributed by atoms with Crippen LogP contribution >= 0.6 is 11.6 Å². The number of nitrogens with zero attached hydrogens (tertiary/aromatic N) is 1. The second-order valence-corrected chi connectivity index (χ2v) is 8.45. The maximum atomic E-state index is 13.6. The monoisotopic (exact) mass is 492 g/mol. The molecule has 1 aromatic heterocycles. The molecule has 178 valence electrons. The molecule has 0 aliphatic heterocycles. The topological polar surface area (TPSA) is 51.2 Å². The van der Waals surface area contributed by atoms with Gasteiger partial charge in [0, 0.05) is 5.56 Å². The van der Waals surface area contributed by atoms with Gasteiger partial charge in [0.25, 0.3) is 0 Å². The number of aromatic nitrogens is 1. The zero-order valence-corrected chi connectivity index (χ0v) is 19.1. The number of ether oxygens (including phenoxy) is 1. The third kappa shape index (κ3) is 6.14. The Kier molecular flexibility index (Phi) is 7.31. The van der Waals surface area contributed by atoms with Crippen molar-refractivity contribution in [3.05, 3.63) is 94.9 Å². The van der Waals surface area contributed by atoms with E-state index >= 15 is 0 Å². The Hall–Kier alpha value is -3.39. The first-order valence-corrected chi connectivity index (χ1v) is 10.5. The molecule has 1 heterocycles. The molecule has 0 unspecified atom stereocenters. The lowest BCUT2D eigenvalue weighted by Gasteiger charge is -2.28. The van der Waals surface area contributed by atoms with E-state index in [0.717, 1.165) is 11.6 Å². The lowest BCUT2D eigenvalue weighted by atomic mass is 9.92. The normalized spacial score (nSPS) is 11.7. The Morgan fingerprint density at radius 3 is 2.38 bits per heavy atom. The van der Waals surface area contributed by atoms with Gasteiger partial charge in [-0.15, -0.1) is 0 Å². The van der Waals surface area contributed by atoms with Crippen molar-refractivity contribution in [1.29, 1.82) is 0 Å². The first-order valence-electron chi connectivity index (χ1n) is 10.1. The molecular weight excluding hydrogens is 472 g/mol. The minimum Gasteiger partial charge on any atom is -0.445 e. The Labute approximate surface area is 199 Å². The molecule has 0 aliphatic carbocycles. The van der Waals surface area contributed by atoms with E-state index in [2.05, 4.69) is 16.9 Å². The SMILES string of the molecule is C=C(c1cc(C(C)(C)NC(=O)OCc2ccccc2)cc(-c2ccc(F)c(Cl)c2)n1)C(F)(F)F. The molecule has 0 saturated heterocycles. The number of amides is 1. The number of halogens is 5. The van der Waals surface area contributed by atoms with Crippen molar-refractivity contribution in [3.63, 3.8) is 0 Å². The van der Waals surface area contributed by atoms with E-state index in [1.807, 2.05) is 6.07 Å². The van der Waals surface area contributed by atoms with Crippen LogP contribution in [0.3, 0.4) is 0 Å². The Morgan fingerprint density at radius 1 is 1.09 bits per heavy atom. The number of allylic oxidation sites excluding steroid dienone is 1. The summed E-state index contributed by atoms with van der Waals surface area (Å²) in [5, 5.41) is 2.46. The summed E-state index contributed by atoms with van der Waals surface area (Å²) >= 11 is 5.85. The number of rotatable bonds is 6. The van der Waals surface area contributed by atoms with Crippen molar-refractivity contribution in [2.45, 2.75) is 32.2 Å². The van der Waals surface area contributed by atoms with Crippen LogP contribution in [-0.2, 0) is 16.9 Å². The van der Waals surface area contributed by atoms with Crippen molar-refractivity contribution in [3.8, 4) is 11.3 Å². The number of pyridine rings is 1. The van der Waals surface area contributed by atoms with E-state index in [1.165, 1.54) is 24.3 Å². The molecule has 3 aromatic rings. The molecule has 1 amide bonds. The molecule has 2 aromatic carbocycles. The van der Waals surface area contributed by atoms with E-state index in [4.69, 9.17) is 16.3 Å². The van der Waals surface area contributed by atoms with Crippen LogP contribution in [0.15, 0.2) is 67.2 Å². The quantitative estimate of drug-likeness (QED) is 0.368. The smallest absolute Gasteiger partial charge is 0.417 e. The van der Waals surface area contributed by atoms with Crippen LogP contribution in [0, 0.1) is 5.82 Å². The van der Waals surface area contributed by atoms with Gasteiger partial charge in [-0.05, 0) is 55.3 Å². The number of carbonyl (C=O) groups is 1. The second-order valence-electron chi connectivity index (χ2n) is 8.04. The van der Waals surface area contributed by atoms with Crippen LogP contribution in [0.4, 0.5) is 22.4 Å². The highest BCUT2D eigenvalue weighted by molar-refractivity contribution is 6.31. The lowest BCUT2D eigenvalue weighted by Crippen LogP contribution is -2.41. The zero-order chi connectivity index (χ0) is 25.1. The molecule has 4 nitrogen and oxygen atoms in total. The largest absolute Gasteiger partial charge is 0.445 e. The molecule has 0 spiro atoms. The van der Waals surface area contributed by atoms with Gasteiger partial charge in [-0.25, -0.2) is 14.2 Å². The molecule has 9 heteroatoms. The molecule has 0 aliphatic rings. The van der Waals surface area contributed by atoms with E-state index in [9.17, 15) is 22.4 Å². The van der Waals surface area contributed by atoms with Crippen molar-refractivity contribution < 1.29 is 27.1 Å². The second kappa shape index (κ2) is 9.85. The first-order chi connectivity index (χ1) is 15.9. The predicted molar refractivity (Wildman–Crippen MR) is 123 cm³/mol.